The Morgan fingerprint density at radius 3 is 2.21 bits per heavy atom. The average Bonchev–Trinajstić information content (AvgIpc) is 2.63. The van der Waals surface area contributed by atoms with E-state index in [2.05, 4.69) is 9.98 Å². The Morgan fingerprint density at radius 2 is 1.69 bits per heavy atom. The van der Waals surface area contributed by atoms with Gasteiger partial charge in [-0.05, 0) is 12.1 Å². The van der Waals surface area contributed by atoms with Crippen LogP contribution in [-0.4, -0.2) is 30.3 Å². The number of aromatic nitrogens is 1. The maximum atomic E-state index is 14.4. The summed E-state index contributed by atoms with van der Waals surface area (Å²) in [6.07, 6.45) is -3.42. The predicted octanol–water partition coefficient (Wildman–Crippen LogP) is 3.82. The Bertz CT molecular complexity index is 995. The van der Waals surface area contributed by atoms with Crippen LogP contribution >= 0.6 is 0 Å². The second-order valence-electron chi connectivity index (χ2n) is 5.43. The van der Waals surface area contributed by atoms with Crippen LogP contribution in [0.2, 0.25) is 0 Å². The van der Waals surface area contributed by atoms with Crippen molar-refractivity contribution in [1.82, 2.24) is 4.98 Å². The summed E-state index contributed by atoms with van der Waals surface area (Å²) in [5.74, 6) is -7.75. The Labute approximate surface area is 158 Å². The van der Waals surface area contributed by atoms with Crippen LogP contribution in [0.5, 0.6) is 0 Å². The van der Waals surface area contributed by atoms with Crippen LogP contribution in [0.4, 0.5) is 36.4 Å². The third-order valence-corrected chi connectivity index (χ3v) is 3.55. The van der Waals surface area contributed by atoms with E-state index in [1.807, 2.05) is 0 Å². The fraction of sp³-hybridized carbons (Fsp3) is 0.118. The molecule has 0 radical (unpaired) electrons. The van der Waals surface area contributed by atoms with Gasteiger partial charge in [-0.15, -0.1) is 0 Å². The number of nitrogens with zero attached hydrogens (tertiary/aromatic N) is 2. The lowest BCUT2D eigenvalue weighted by atomic mass is 10.0. The minimum Gasteiger partial charge on any atom is -0.394 e. The zero-order valence-corrected chi connectivity index (χ0v) is 14.4. The highest BCUT2D eigenvalue weighted by Gasteiger charge is 2.35. The van der Waals surface area contributed by atoms with Crippen LogP contribution in [0.3, 0.4) is 0 Å². The number of halogens is 7. The smallest absolute Gasteiger partial charge is 0.394 e. The van der Waals surface area contributed by atoms with Crippen LogP contribution in [0, 0.1) is 23.3 Å². The van der Waals surface area contributed by atoms with Crippen molar-refractivity contribution in [2.45, 2.75) is 6.18 Å². The molecule has 0 atom stereocenters. The molecule has 1 amide bonds. The first-order valence-electron chi connectivity index (χ1n) is 7.56. The molecule has 1 aromatic carbocycles. The molecule has 1 aromatic heterocycles. The number of carbonyl (C=O) groups excluding carboxylic acids is 1. The molecule has 1 heterocycles. The van der Waals surface area contributed by atoms with E-state index in [0.29, 0.717) is 30.7 Å². The van der Waals surface area contributed by atoms with E-state index in [-0.39, 0.29) is 0 Å². The molecule has 0 saturated heterocycles. The first kappa shape index (κ1) is 21.9. The van der Waals surface area contributed by atoms with E-state index >= 15 is 0 Å². The fourth-order valence-corrected chi connectivity index (χ4v) is 2.23. The van der Waals surface area contributed by atoms with Crippen LogP contribution in [0.15, 0.2) is 35.2 Å². The monoisotopic (exact) mass is 420 g/mol. The molecule has 0 aliphatic rings. The van der Waals surface area contributed by atoms with Gasteiger partial charge >= 0.3 is 6.18 Å². The minimum atomic E-state index is -5.05. The summed E-state index contributed by atoms with van der Waals surface area (Å²) in [5, 5.41) is 1.74. The summed E-state index contributed by atoms with van der Waals surface area (Å²) in [4.78, 5) is 18.5. The molecule has 5 nitrogen and oxygen atoms in total. The molecule has 0 unspecified atom stereocenters. The molecule has 2 rings (SSSR count). The zero-order chi connectivity index (χ0) is 21.9. The second kappa shape index (κ2) is 8.29. The normalized spacial score (nSPS) is 12.8. The highest BCUT2D eigenvalue weighted by molar-refractivity contribution is 6.11. The lowest BCUT2D eigenvalue weighted by Gasteiger charge is -2.14. The highest BCUT2D eigenvalue weighted by atomic mass is 19.4. The number of anilines is 1. The summed E-state index contributed by atoms with van der Waals surface area (Å²) in [5.41, 5.74) is -0.556. The number of rotatable bonds is 4. The first-order chi connectivity index (χ1) is 13.5. The van der Waals surface area contributed by atoms with Crippen LogP contribution in [0.25, 0.3) is 5.57 Å². The molecular formula is C17H11F7N4O. The SMILES string of the molecule is CN=CC(=C(N)C(F)(F)F)c1ccc(NC(=O)c2c(F)cncc2F)c(F)c1F. The third-order valence-electron chi connectivity index (χ3n) is 3.55. The van der Waals surface area contributed by atoms with E-state index in [1.54, 1.807) is 5.32 Å². The van der Waals surface area contributed by atoms with E-state index in [0.717, 1.165) is 7.05 Å². The maximum Gasteiger partial charge on any atom is 0.431 e. The van der Waals surface area contributed by atoms with E-state index < -0.39 is 63.4 Å². The van der Waals surface area contributed by atoms with Gasteiger partial charge in [0.1, 0.15) is 11.3 Å². The van der Waals surface area contributed by atoms with Gasteiger partial charge in [-0.3, -0.25) is 14.8 Å². The number of benzene rings is 1. The van der Waals surface area contributed by atoms with Crippen LogP contribution < -0.4 is 11.1 Å². The molecule has 0 bridgehead atoms. The van der Waals surface area contributed by atoms with Gasteiger partial charge in [0.2, 0.25) is 0 Å². The molecule has 154 valence electrons. The molecule has 12 heteroatoms. The number of hydrogen-bond donors (Lipinski definition) is 2. The van der Waals surface area contributed by atoms with Crippen molar-refractivity contribution in [2.24, 2.45) is 10.7 Å². The summed E-state index contributed by atoms with van der Waals surface area (Å²) >= 11 is 0. The van der Waals surface area contributed by atoms with Crippen molar-refractivity contribution in [1.29, 1.82) is 0 Å². The molecule has 0 aliphatic carbocycles. The third kappa shape index (κ3) is 4.52. The van der Waals surface area contributed by atoms with Crippen molar-refractivity contribution >= 4 is 23.4 Å². The number of carbonyl (C=O) groups is 1. The van der Waals surface area contributed by atoms with Crippen molar-refractivity contribution in [3.05, 3.63) is 64.6 Å². The van der Waals surface area contributed by atoms with Crippen LogP contribution in [0.1, 0.15) is 15.9 Å². The van der Waals surface area contributed by atoms with Gasteiger partial charge in [-0.25, -0.2) is 17.6 Å². The van der Waals surface area contributed by atoms with Crippen molar-refractivity contribution in [2.75, 3.05) is 12.4 Å². The second-order valence-corrected chi connectivity index (χ2v) is 5.43. The first-order valence-corrected chi connectivity index (χ1v) is 7.56. The Kier molecular flexibility index (Phi) is 6.25. The lowest BCUT2D eigenvalue weighted by molar-refractivity contribution is -0.0918. The number of allylic oxidation sites excluding steroid dienone is 2. The number of pyridine rings is 1. The van der Waals surface area contributed by atoms with Gasteiger partial charge in [0, 0.05) is 24.4 Å². The summed E-state index contributed by atoms with van der Waals surface area (Å²) in [6, 6.07) is 1.40. The topological polar surface area (TPSA) is 80.4 Å². The van der Waals surface area contributed by atoms with Gasteiger partial charge in [0.05, 0.1) is 18.1 Å². The number of hydrogen-bond acceptors (Lipinski definition) is 4. The van der Waals surface area contributed by atoms with Gasteiger partial charge in [-0.1, -0.05) is 0 Å². The molecule has 2 aromatic rings. The maximum absolute atomic E-state index is 14.4. The number of amides is 1. The molecular weight excluding hydrogens is 409 g/mol. The Balaban J connectivity index is 2.50. The van der Waals surface area contributed by atoms with E-state index in [1.165, 1.54) is 0 Å². The molecule has 0 spiro atoms. The van der Waals surface area contributed by atoms with E-state index in [4.69, 9.17) is 5.73 Å². The largest absolute Gasteiger partial charge is 0.431 e. The van der Waals surface area contributed by atoms with E-state index in [9.17, 15) is 35.5 Å². The summed E-state index contributed by atoms with van der Waals surface area (Å²) in [7, 11) is 1.09. The zero-order valence-electron chi connectivity index (χ0n) is 14.4. The number of aliphatic imine (C=N–C) groups is 1. The number of nitrogens with one attached hydrogen (secondary N) is 1. The summed E-state index contributed by atoms with van der Waals surface area (Å²) in [6.45, 7) is 0. The average molecular weight is 420 g/mol. The number of nitrogens with two attached hydrogens (primary N) is 1. The standard InChI is InChI=1S/C17H11F7N4O/c1-26-4-8(15(25)17(22,23)24)7-2-3-11(14(21)13(7)20)28-16(29)12-9(18)5-27-6-10(12)19/h2-6H,25H2,1H3,(H,28,29). The Morgan fingerprint density at radius 1 is 1.10 bits per heavy atom. The van der Waals surface area contributed by atoms with Crippen molar-refractivity contribution in [3.8, 4) is 0 Å². The molecule has 0 aliphatic heterocycles. The highest BCUT2D eigenvalue weighted by Crippen LogP contribution is 2.32. The Hall–Kier alpha value is -3.44. The van der Waals surface area contributed by atoms with Crippen molar-refractivity contribution < 1.29 is 35.5 Å². The quantitative estimate of drug-likeness (QED) is 0.583. The lowest BCUT2D eigenvalue weighted by Crippen LogP contribution is -2.22. The number of alkyl halides is 3. The minimum absolute atomic E-state index is 0.527. The summed E-state index contributed by atoms with van der Waals surface area (Å²) < 4.78 is 94.4. The fourth-order valence-electron chi connectivity index (χ4n) is 2.23. The van der Waals surface area contributed by atoms with Crippen molar-refractivity contribution in [3.63, 3.8) is 0 Å². The molecule has 0 saturated carbocycles. The van der Waals surface area contributed by atoms with Crippen LogP contribution in [-0.2, 0) is 0 Å². The van der Waals surface area contributed by atoms with Gasteiger partial charge in [0.25, 0.3) is 5.91 Å². The molecule has 29 heavy (non-hydrogen) atoms. The predicted molar refractivity (Wildman–Crippen MR) is 90.0 cm³/mol. The van der Waals surface area contributed by atoms with Gasteiger partial charge < -0.3 is 11.1 Å². The molecule has 3 N–H and O–H groups in total. The van der Waals surface area contributed by atoms with Gasteiger partial charge in [0.15, 0.2) is 23.3 Å². The molecule has 0 fully saturated rings. The van der Waals surface area contributed by atoms with Gasteiger partial charge in [-0.2, -0.15) is 13.2 Å².